The van der Waals surface area contributed by atoms with Crippen molar-refractivity contribution in [3.8, 4) is 0 Å². The Labute approximate surface area is 179 Å². The standard InChI is InChI=1S/C19H33N5S.HI/c1-3-20-19(21-15-17(2)16-22-8-4-5-9-22)24-12-10-23(11-13-24)18-7-6-14-25-18;/h6-7,14,17H,3-5,8-13,15-16H2,1-2H3,(H,20,21);1H. The average Bonchev–Trinajstić information content (AvgIpc) is 3.32. The fraction of sp³-hybridized carbons (Fsp3) is 0.737. The minimum Gasteiger partial charge on any atom is -0.360 e. The van der Waals surface area contributed by atoms with E-state index in [-0.39, 0.29) is 24.0 Å². The van der Waals surface area contributed by atoms with Gasteiger partial charge in [-0.1, -0.05) is 6.92 Å². The van der Waals surface area contributed by atoms with E-state index >= 15 is 0 Å². The van der Waals surface area contributed by atoms with Gasteiger partial charge in [0.2, 0.25) is 0 Å². The second kappa shape index (κ2) is 11.3. The fourth-order valence-corrected chi connectivity index (χ4v) is 4.51. The number of aliphatic imine (C=N–C) groups is 1. The van der Waals surface area contributed by atoms with Crippen LogP contribution in [0.3, 0.4) is 0 Å². The van der Waals surface area contributed by atoms with E-state index in [2.05, 4.69) is 51.4 Å². The molecular formula is C19H34IN5S. The van der Waals surface area contributed by atoms with E-state index in [1.807, 2.05) is 11.3 Å². The lowest BCUT2D eigenvalue weighted by Crippen LogP contribution is -2.52. The molecule has 0 spiro atoms. The number of anilines is 1. The van der Waals surface area contributed by atoms with Gasteiger partial charge in [-0.15, -0.1) is 35.3 Å². The summed E-state index contributed by atoms with van der Waals surface area (Å²) >= 11 is 1.84. The molecule has 3 rings (SSSR count). The Hall–Kier alpha value is -0.540. The molecule has 2 fully saturated rings. The maximum Gasteiger partial charge on any atom is 0.194 e. The minimum atomic E-state index is 0. The molecule has 0 amide bonds. The summed E-state index contributed by atoms with van der Waals surface area (Å²) in [5.41, 5.74) is 0. The zero-order chi connectivity index (χ0) is 17.5. The first kappa shape index (κ1) is 21.8. The summed E-state index contributed by atoms with van der Waals surface area (Å²) in [4.78, 5) is 12.5. The Bertz CT molecular complexity index is 522. The maximum absolute atomic E-state index is 4.96. The summed E-state index contributed by atoms with van der Waals surface area (Å²) in [5.74, 6) is 1.72. The van der Waals surface area contributed by atoms with Gasteiger partial charge in [0, 0.05) is 45.8 Å². The molecule has 2 aliphatic heterocycles. The average molecular weight is 491 g/mol. The van der Waals surface area contributed by atoms with Crippen LogP contribution in [0.15, 0.2) is 22.5 Å². The molecule has 1 N–H and O–H groups in total. The van der Waals surface area contributed by atoms with Crippen molar-refractivity contribution in [1.29, 1.82) is 0 Å². The first-order valence-electron chi connectivity index (χ1n) is 9.80. The molecule has 1 aromatic rings. The molecule has 7 heteroatoms. The van der Waals surface area contributed by atoms with Crippen molar-refractivity contribution in [3.05, 3.63) is 17.5 Å². The van der Waals surface area contributed by atoms with Crippen LogP contribution in [0.25, 0.3) is 0 Å². The number of nitrogens with zero attached hydrogens (tertiary/aromatic N) is 4. The lowest BCUT2D eigenvalue weighted by Gasteiger charge is -2.37. The number of piperazine rings is 1. The molecule has 0 radical (unpaired) electrons. The quantitative estimate of drug-likeness (QED) is 0.377. The van der Waals surface area contributed by atoms with Crippen LogP contribution >= 0.6 is 35.3 Å². The van der Waals surface area contributed by atoms with Crippen LogP contribution in [0.4, 0.5) is 5.00 Å². The highest BCUT2D eigenvalue weighted by molar-refractivity contribution is 14.0. The number of thiophene rings is 1. The van der Waals surface area contributed by atoms with Crippen molar-refractivity contribution >= 4 is 46.3 Å². The highest BCUT2D eigenvalue weighted by Crippen LogP contribution is 2.22. The second-order valence-electron chi connectivity index (χ2n) is 7.23. The number of nitrogens with one attached hydrogen (secondary N) is 1. The van der Waals surface area contributed by atoms with E-state index in [0.717, 1.165) is 45.2 Å². The Morgan fingerprint density at radius 2 is 1.92 bits per heavy atom. The van der Waals surface area contributed by atoms with Gasteiger partial charge in [0.05, 0.1) is 5.00 Å². The summed E-state index contributed by atoms with van der Waals surface area (Å²) in [6.45, 7) is 14.3. The van der Waals surface area contributed by atoms with Crippen molar-refractivity contribution in [2.45, 2.75) is 26.7 Å². The smallest absolute Gasteiger partial charge is 0.194 e. The van der Waals surface area contributed by atoms with E-state index in [1.54, 1.807) is 0 Å². The number of hydrogen-bond donors (Lipinski definition) is 1. The summed E-state index contributed by atoms with van der Waals surface area (Å²) < 4.78 is 0. The number of guanidine groups is 1. The third-order valence-electron chi connectivity index (χ3n) is 5.05. The van der Waals surface area contributed by atoms with Gasteiger partial charge < -0.3 is 20.0 Å². The van der Waals surface area contributed by atoms with Gasteiger partial charge in [-0.25, -0.2) is 0 Å². The number of likely N-dealkylation sites (tertiary alicyclic amines) is 1. The van der Waals surface area contributed by atoms with Crippen LogP contribution in [-0.4, -0.2) is 74.7 Å². The highest BCUT2D eigenvalue weighted by atomic mass is 127. The van der Waals surface area contributed by atoms with Crippen LogP contribution in [0, 0.1) is 5.92 Å². The molecule has 2 aliphatic rings. The number of rotatable bonds is 6. The predicted molar refractivity (Wildman–Crippen MR) is 124 cm³/mol. The van der Waals surface area contributed by atoms with E-state index in [0.29, 0.717) is 5.92 Å². The van der Waals surface area contributed by atoms with Gasteiger partial charge in [0.1, 0.15) is 0 Å². The van der Waals surface area contributed by atoms with Crippen molar-refractivity contribution in [2.75, 3.05) is 63.8 Å². The van der Waals surface area contributed by atoms with E-state index in [1.165, 1.54) is 37.5 Å². The van der Waals surface area contributed by atoms with E-state index in [4.69, 9.17) is 4.99 Å². The normalized spacial score (nSPS) is 20.2. The first-order valence-corrected chi connectivity index (χ1v) is 10.7. The van der Waals surface area contributed by atoms with Gasteiger partial charge in [-0.3, -0.25) is 4.99 Å². The van der Waals surface area contributed by atoms with Crippen molar-refractivity contribution < 1.29 is 0 Å². The molecule has 1 unspecified atom stereocenters. The molecule has 26 heavy (non-hydrogen) atoms. The van der Waals surface area contributed by atoms with Crippen molar-refractivity contribution in [3.63, 3.8) is 0 Å². The Morgan fingerprint density at radius 1 is 1.19 bits per heavy atom. The molecule has 5 nitrogen and oxygen atoms in total. The van der Waals surface area contributed by atoms with Crippen LogP contribution in [0.1, 0.15) is 26.7 Å². The molecule has 1 aromatic heterocycles. The van der Waals surface area contributed by atoms with Crippen LogP contribution in [0.5, 0.6) is 0 Å². The zero-order valence-corrected chi connectivity index (χ0v) is 19.3. The summed E-state index contributed by atoms with van der Waals surface area (Å²) in [7, 11) is 0. The molecule has 0 aromatic carbocycles. The number of halogens is 1. The van der Waals surface area contributed by atoms with Gasteiger partial charge >= 0.3 is 0 Å². The van der Waals surface area contributed by atoms with E-state index < -0.39 is 0 Å². The molecule has 2 saturated heterocycles. The molecule has 0 bridgehead atoms. The third kappa shape index (κ3) is 6.27. The lowest BCUT2D eigenvalue weighted by molar-refractivity contribution is 0.290. The Balaban J connectivity index is 0.00000243. The van der Waals surface area contributed by atoms with Gasteiger partial charge in [0.25, 0.3) is 0 Å². The maximum atomic E-state index is 4.96. The Morgan fingerprint density at radius 3 is 2.54 bits per heavy atom. The largest absolute Gasteiger partial charge is 0.360 e. The molecule has 3 heterocycles. The minimum absolute atomic E-state index is 0. The first-order chi connectivity index (χ1) is 12.3. The summed E-state index contributed by atoms with van der Waals surface area (Å²) in [6, 6.07) is 4.36. The van der Waals surface area contributed by atoms with E-state index in [9.17, 15) is 0 Å². The predicted octanol–water partition coefficient (Wildman–Crippen LogP) is 3.19. The molecule has 0 aliphatic carbocycles. The Kier molecular flexibility index (Phi) is 9.49. The number of hydrogen-bond acceptors (Lipinski definition) is 4. The lowest BCUT2D eigenvalue weighted by atomic mass is 10.2. The van der Waals surface area contributed by atoms with Gasteiger partial charge in [0.15, 0.2) is 5.96 Å². The van der Waals surface area contributed by atoms with Gasteiger partial charge in [-0.05, 0) is 56.3 Å². The van der Waals surface area contributed by atoms with Crippen LogP contribution in [-0.2, 0) is 0 Å². The van der Waals surface area contributed by atoms with Crippen LogP contribution in [0.2, 0.25) is 0 Å². The van der Waals surface area contributed by atoms with Crippen LogP contribution < -0.4 is 10.2 Å². The monoisotopic (exact) mass is 491 g/mol. The summed E-state index contributed by atoms with van der Waals surface area (Å²) in [6.07, 6.45) is 2.74. The molecular weight excluding hydrogens is 457 g/mol. The topological polar surface area (TPSA) is 34.1 Å². The fourth-order valence-electron chi connectivity index (χ4n) is 3.72. The van der Waals surface area contributed by atoms with Gasteiger partial charge in [-0.2, -0.15) is 0 Å². The molecule has 0 saturated carbocycles. The third-order valence-corrected chi connectivity index (χ3v) is 5.98. The zero-order valence-electron chi connectivity index (χ0n) is 16.2. The SMILES string of the molecule is CCNC(=NCC(C)CN1CCCC1)N1CCN(c2cccs2)CC1.I. The van der Waals surface area contributed by atoms with Crippen molar-refractivity contribution in [1.82, 2.24) is 15.1 Å². The van der Waals surface area contributed by atoms with Crippen molar-refractivity contribution in [2.24, 2.45) is 10.9 Å². The molecule has 1 atom stereocenters. The summed E-state index contributed by atoms with van der Waals surface area (Å²) in [5, 5.41) is 7.05. The second-order valence-corrected chi connectivity index (χ2v) is 8.16. The molecule has 148 valence electrons. The highest BCUT2D eigenvalue weighted by Gasteiger charge is 2.21.